The normalized spacial score (nSPS) is 19.4. The molecule has 0 spiro atoms. The van der Waals surface area contributed by atoms with Gasteiger partial charge in [0.2, 0.25) is 0 Å². The minimum atomic E-state index is -4.39. The van der Waals surface area contributed by atoms with Gasteiger partial charge in [-0.15, -0.1) is 0 Å². The quantitative estimate of drug-likeness (QED) is 0.695. The van der Waals surface area contributed by atoms with Gasteiger partial charge in [0.25, 0.3) is 0 Å². The van der Waals surface area contributed by atoms with Crippen LogP contribution in [0.4, 0.5) is 18.0 Å². The lowest BCUT2D eigenvalue weighted by atomic mass is 10.2. The number of carbonyl (C=O) groups is 2. The van der Waals surface area contributed by atoms with E-state index in [0.29, 0.717) is 6.54 Å². The van der Waals surface area contributed by atoms with Gasteiger partial charge < -0.3 is 24.8 Å². The average molecular weight is 314 g/mol. The van der Waals surface area contributed by atoms with Crippen LogP contribution in [0.2, 0.25) is 0 Å². The lowest BCUT2D eigenvalue weighted by molar-refractivity contribution is -0.173. The number of hydrogen-bond donors (Lipinski definition) is 2. The van der Waals surface area contributed by atoms with E-state index in [2.05, 4.69) is 10.1 Å². The molecule has 1 rings (SSSR count). The van der Waals surface area contributed by atoms with E-state index in [1.807, 2.05) is 0 Å². The first-order valence-electron chi connectivity index (χ1n) is 6.28. The third-order valence-electron chi connectivity index (χ3n) is 2.62. The first-order valence-corrected chi connectivity index (χ1v) is 6.28. The summed E-state index contributed by atoms with van der Waals surface area (Å²) in [4.78, 5) is 23.6. The summed E-state index contributed by atoms with van der Waals surface area (Å²) in [6.07, 6.45) is -5.18. The molecular formula is C11H17F3N2O5. The number of amides is 2. The lowest BCUT2D eigenvalue weighted by Gasteiger charge is -2.32. The summed E-state index contributed by atoms with van der Waals surface area (Å²) < 4.78 is 44.9. The molecule has 0 aliphatic carbocycles. The highest BCUT2D eigenvalue weighted by Gasteiger charge is 2.28. The zero-order chi connectivity index (χ0) is 15.9. The van der Waals surface area contributed by atoms with E-state index in [1.54, 1.807) is 0 Å². The Bertz CT molecular complexity index is 364. The van der Waals surface area contributed by atoms with Gasteiger partial charge in [-0.25, -0.2) is 4.79 Å². The fourth-order valence-electron chi connectivity index (χ4n) is 1.75. The number of morpholine rings is 1. The standard InChI is InChI=1S/C11H17F3N2O5/c12-11(13,14)7-20-3-1-15-10(19)16-2-4-21-8(6-16)5-9(17)18/h8H,1-7H2,(H,15,19)(H,17,18). The second-order valence-corrected chi connectivity index (χ2v) is 4.44. The van der Waals surface area contributed by atoms with Crippen LogP contribution in [-0.4, -0.2) is 73.7 Å². The van der Waals surface area contributed by atoms with E-state index in [9.17, 15) is 22.8 Å². The Kier molecular flexibility index (Phi) is 6.69. The Labute approximate surface area is 119 Å². The number of aliphatic carboxylic acids is 1. The number of nitrogens with one attached hydrogen (secondary N) is 1. The number of rotatable bonds is 6. The van der Waals surface area contributed by atoms with E-state index in [4.69, 9.17) is 9.84 Å². The van der Waals surface area contributed by atoms with Crippen LogP contribution in [0, 0.1) is 0 Å². The highest BCUT2D eigenvalue weighted by atomic mass is 19.4. The Morgan fingerprint density at radius 3 is 2.76 bits per heavy atom. The average Bonchev–Trinajstić information content (AvgIpc) is 2.36. The molecule has 1 fully saturated rings. The number of halogens is 3. The van der Waals surface area contributed by atoms with E-state index in [0.717, 1.165) is 0 Å². The van der Waals surface area contributed by atoms with Crippen molar-refractivity contribution in [1.82, 2.24) is 10.2 Å². The fourth-order valence-corrected chi connectivity index (χ4v) is 1.75. The van der Waals surface area contributed by atoms with E-state index < -0.39 is 30.9 Å². The molecule has 10 heteroatoms. The van der Waals surface area contributed by atoms with Crippen molar-refractivity contribution in [1.29, 1.82) is 0 Å². The van der Waals surface area contributed by atoms with Crippen LogP contribution < -0.4 is 5.32 Å². The van der Waals surface area contributed by atoms with Crippen molar-refractivity contribution in [2.75, 3.05) is 39.5 Å². The van der Waals surface area contributed by atoms with Gasteiger partial charge in [0, 0.05) is 19.6 Å². The SMILES string of the molecule is O=C(O)CC1CN(C(=O)NCCOCC(F)(F)F)CCO1. The van der Waals surface area contributed by atoms with E-state index in [1.165, 1.54) is 4.90 Å². The number of alkyl halides is 3. The van der Waals surface area contributed by atoms with Crippen molar-refractivity contribution < 1.29 is 37.3 Å². The second-order valence-electron chi connectivity index (χ2n) is 4.44. The van der Waals surface area contributed by atoms with Gasteiger partial charge in [0.05, 0.1) is 25.7 Å². The molecule has 0 aromatic rings. The molecule has 1 heterocycles. The number of carboxylic acids is 1. The molecule has 122 valence electrons. The summed E-state index contributed by atoms with van der Waals surface area (Å²) >= 11 is 0. The van der Waals surface area contributed by atoms with Gasteiger partial charge in [0.1, 0.15) is 6.61 Å². The van der Waals surface area contributed by atoms with E-state index in [-0.39, 0.29) is 32.7 Å². The zero-order valence-corrected chi connectivity index (χ0v) is 11.2. The molecule has 1 aliphatic rings. The highest BCUT2D eigenvalue weighted by Crippen LogP contribution is 2.14. The number of carboxylic acid groups (broad SMARTS) is 1. The van der Waals surface area contributed by atoms with Crippen LogP contribution in [0.3, 0.4) is 0 Å². The van der Waals surface area contributed by atoms with Crippen molar-refractivity contribution in [3.8, 4) is 0 Å². The molecule has 0 bridgehead atoms. The molecular weight excluding hydrogens is 297 g/mol. The van der Waals surface area contributed by atoms with Gasteiger partial charge in [-0.05, 0) is 0 Å². The third kappa shape index (κ3) is 7.71. The fraction of sp³-hybridized carbons (Fsp3) is 0.818. The largest absolute Gasteiger partial charge is 0.481 e. The molecule has 1 aliphatic heterocycles. The van der Waals surface area contributed by atoms with Crippen LogP contribution in [0.1, 0.15) is 6.42 Å². The summed E-state index contributed by atoms with van der Waals surface area (Å²) in [5, 5.41) is 11.1. The van der Waals surface area contributed by atoms with Gasteiger partial charge in [-0.1, -0.05) is 0 Å². The van der Waals surface area contributed by atoms with Gasteiger partial charge in [-0.3, -0.25) is 4.79 Å². The predicted octanol–water partition coefficient (Wildman–Crippen LogP) is 0.450. The highest BCUT2D eigenvalue weighted by molar-refractivity contribution is 5.74. The zero-order valence-electron chi connectivity index (χ0n) is 11.2. The van der Waals surface area contributed by atoms with Crippen LogP contribution in [-0.2, 0) is 14.3 Å². The summed E-state index contributed by atoms with van der Waals surface area (Å²) in [6, 6.07) is -0.482. The molecule has 1 unspecified atom stereocenters. The maximum atomic E-state index is 11.8. The van der Waals surface area contributed by atoms with Crippen LogP contribution in [0.25, 0.3) is 0 Å². The van der Waals surface area contributed by atoms with Crippen molar-refractivity contribution in [3.63, 3.8) is 0 Å². The molecule has 2 N–H and O–H groups in total. The molecule has 0 aromatic carbocycles. The lowest BCUT2D eigenvalue weighted by Crippen LogP contribution is -2.50. The van der Waals surface area contributed by atoms with Crippen LogP contribution in [0.5, 0.6) is 0 Å². The molecule has 1 atom stereocenters. The van der Waals surface area contributed by atoms with Gasteiger partial charge in [-0.2, -0.15) is 13.2 Å². The number of hydrogen-bond acceptors (Lipinski definition) is 4. The Morgan fingerprint density at radius 2 is 2.14 bits per heavy atom. The minimum Gasteiger partial charge on any atom is -0.481 e. The number of nitrogens with zero attached hydrogens (tertiary/aromatic N) is 1. The summed E-state index contributed by atoms with van der Waals surface area (Å²) in [6.45, 7) is -1.03. The topological polar surface area (TPSA) is 88.1 Å². The number of ether oxygens (including phenoxy) is 2. The summed E-state index contributed by atoms with van der Waals surface area (Å²) in [5.41, 5.74) is 0. The first-order chi connectivity index (χ1) is 9.78. The van der Waals surface area contributed by atoms with Crippen molar-refractivity contribution in [2.24, 2.45) is 0 Å². The summed E-state index contributed by atoms with van der Waals surface area (Å²) in [7, 11) is 0. The Hall–Kier alpha value is -1.55. The Balaban J connectivity index is 2.21. The molecule has 21 heavy (non-hydrogen) atoms. The van der Waals surface area contributed by atoms with Crippen LogP contribution >= 0.6 is 0 Å². The van der Waals surface area contributed by atoms with Crippen molar-refractivity contribution in [2.45, 2.75) is 18.7 Å². The molecule has 1 saturated heterocycles. The van der Waals surface area contributed by atoms with Gasteiger partial charge in [0.15, 0.2) is 0 Å². The van der Waals surface area contributed by atoms with Crippen molar-refractivity contribution in [3.05, 3.63) is 0 Å². The molecule has 7 nitrogen and oxygen atoms in total. The monoisotopic (exact) mass is 314 g/mol. The van der Waals surface area contributed by atoms with Crippen LogP contribution in [0.15, 0.2) is 0 Å². The molecule has 0 radical (unpaired) electrons. The van der Waals surface area contributed by atoms with E-state index >= 15 is 0 Å². The maximum Gasteiger partial charge on any atom is 0.411 e. The van der Waals surface area contributed by atoms with Crippen molar-refractivity contribution >= 4 is 12.0 Å². The number of urea groups is 1. The Morgan fingerprint density at radius 1 is 1.43 bits per heavy atom. The number of carbonyl (C=O) groups excluding carboxylic acids is 1. The third-order valence-corrected chi connectivity index (χ3v) is 2.62. The minimum absolute atomic E-state index is 0.0597. The molecule has 2 amide bonds. The van der Waals surface area contributed by atoms with Gasteiger partial charge >= 0.3 is 18.2 Å². The first kappa shape index (κ1) is 17.5. The second kappa shape index (κ2) is 8.03. The molecule has 0 saturated carbocycles. The summed E-state index contributed by atoms with van der Waals surface area (Å²) in [5.74, 6) is -1.03. The molecule has 0 aromatic heterocycles. The maximum absolute atomic E-state index is 11.8. The smallest absolute Gasteiger partial charge is 0.411 e. The predicted molar refractivity (Wildman–Crippen MR) is 63.8 cm³/mol.